The average molecular weight is 264 g/mol. The Hall–Kier alpha value is -1.55. The van der Waals surface area contributed by atoms with E-state index in [1.807, 2.05) is 32.0 Å². The number of rotatable bonds is 6. The molecule has 19 heavy (non-hydrogen) atoms. The van der Waals surface area contributed by atoms with Crippen LogP contribution >= 0.6 is 0 Å². The second-order valence-corrected chi connectivity index (χ2v) is 5.47. The molecule has 4 heteroatoms. The third-order valence-electron chi connectivity index (χ3n) is 3.14. The van der Waals surface area contributed by atoms with Crippen LogP contribution in [0.25, 0.3) is 0 Å². The van der Waals surface area contributed by atoms with E-state index in [4.69, 9.17) is 10.5 Å². The van der Waals surface area contributed by atoms with Gasteiger partial charge in [-0.1, -0.05) is 20.8 Å². The van der Waals surface area contributed by atoms with Gasteiger partial charge < -0.3 is 15.8 Å². The van der Waals surface area contributed by atoms with Crippen LogP contribution in [0.15, 0.2) is 18.2 Å². The third kappa shape index (κ3) is 4.56. The quantitative estimate of drug-likeness (QED) is 0.830. The second-order valence-electron chi connectivity index (χ2n) is 5.47. The number of benzene rings is 1. The van der Waals surface area contributed by atoms with Gasteiger partial charge in [-0.15, -0.1) is 0 Å². The van der Waals surface area contributed by atoms with Crippen molar-refractivity contribution in [2.24, 2.45) is 11.1 Å². The molecule has 106 valence electrons. The first-order valence-corrected chi connectivity index (χ1v) is 6.58. The first-order valence-electron chi connectivity index (χ1n) is 6.58. The molecular weight excluding hydrogens is 240 g/mol. The van der Waals surface area contributed by atoms with Crippen LogP contribution in [0.3, 0.4) is 0 Å². The number of carbonyl (C=O) groups is 1. The van der Waals surface area contributed by atoms with Crippen molar-refractivity contribution in [3.63, 3.8) is 0 Å². The fourth-order valence-electron chi connectivity index (χ4n) is 1.84. The van der Waals surface area contributed by atoms with Crippen LogP contribution in [-0.4, -0.2) is 19.6 Å². The van der Waals surface area contributed by atoms with Gasteiger partial charge in [0.2, 0.25) is 5.91 Å². The second kappa shape index (κ2) is 6.57. The molecule has 0 bridgehead atoms. The number of nitrogens with one attached hydrogen (secondary N) is 1. The van der Waals surface area contributed by atoms with Crippen LogP contribution in [0.2, 0.25) is 0 Å². The fraction of sp³-hybridized carbons (Fsp3) is 0.533. The first kappa shape index (κ1) is 15.5. The number of ether oxygens (including phenoxy) is 1. The van der Waals surface area contributed by atoms with E-state index in [0.717, 1.165) is 23.4 Å². The fourth-order valence-corrected chi connectivity index (χ4v) is 1.84. The van der Waals surface area contributed by atoms with Gasteiger partial charge in [0, 0.05) is 12.1 Å². The van der Waals surface area contributed by atoms with Crippen molar-refractivity contribution in [1.82, 2.24) is 0 Å². The summed E-state index contributed by atoms with van der Waals surface area (Å²) in [4.78, 5) is 11.9. The molecule has 3 N–H and O–H groups in total. The summed E-state index contributed by atoms with van der Waals surface area (Å²) < 4.78 is 5.26. The number of hydrogen-bond donors (Lipinski definition) is 2. The zero-order valence-electron chi connectivity index (χ0n) is 12.2. The Morgan fingerprint density at radius 3 is 2.63 bits per heavy atom. The highest BCUT2D eigenvalue weighted by molar-refractivity contribution is 5.91. The summed E-state index contributed by atoms with van der Waals surface area (Å²) in [6, 6.07) is 5.68. The van der Waals surface area contributed by atoms with Crippen molar-refractivity contribution in [1.29, 1.82) is 0 Å². The van der Waals surface area contributed by atoms with E-state index in [0.29, 0.717) is 13.0 Å². The molecule has 0 aromatic heterocycles. The molecular formula is C15H24N2O2. The Morgan fingerprint density at radius 1 is 1.42 bits per heavy atom. The van der Waals surface area contributed by atoms with Crippen molar-refractivity contribution < 1.29 is 9.53 Å². The molecule has 0 atom stereocenters. The number of nitrogens with two attached hydrogens (primary N) is 1. The summed E-state index contributed by atoms with van der Waals surface area (Å²) in [5.41, 5.74) is 7.34. The zero-order chi connectivity index (χ0) is 14.5. The van der Waals surface area contributed by atoms with E-state index in [9.17, 15) is 4.79 Å². The molecule has 0 spiro atoms. The van der Waals surface area contributed by atoms with Gasteiger partial charge in [-0.3, -0.25) is 4.79 Å². The largest absolute Gasteiger partial charge is 0.496 e. The molecule has 0 radical (unpaired) electrons. The molecule has 1 aromatic rings. The molecule has 0 unspecified atom stereocenters. The van der Waals surface area contributed by atoms with Gasteiger partial charge in [0.05, 0.1) is 7.11 Å². The topological polar surface area (TPSA) is 64.4 Å². The van der Waals surface area contributed by atoms with Gasteiger partial charge in [0.25, 0.3) is 0 Å². The van der Waals surface area contributed by atoms with Crippen LogP contribution < -0.4 is 15.8 Å². The molecule has 0 saturated heterocycles. The maximum atomic E-state index is 11.9. The number of hydrogen-bond acceptors (Lipinski definition) is 3. The van der Waals surface area contributed by atoms with E-state index < -0.39 is 0 Å². The summed E-state index contributed by atoms with van der Waals surface area (Å²) in [5.74, 6) is 0.838. The van der Waals surface area contributed by atoms with E-state index >= 15 is 0 Å². The number of anilines is 1. The highest BCUT2D eigenvalue weighted by Crippen LogP contribution is 2.24. The van der Waals surface area contributed by atoms with Crippen molar-refractivity contribution in [3.05, 3.63) is 23.8 Å². The summed E-state index contributed by atoms with van der Waals surface area (Å²) >= 11 is 0. The van der Waals surface area contributed by atoms with E-state index in [1.165, 1.54) is 0 Å². The summed E-state index contributed by atoms with van der Waals surface area (Å²) in [5, 5.41) is 2.91. The lowest BCUT2D eigenvalue weighted by Gasteiger charge is -2.21. The molecule has 0 fully saturated rings. The summed E-state index contributed by atoms with van der Waals surface area (Å²) in [6.07, 6.45) is 1.28. The molecule has 0 aliphatic heterocycles. The normalized spacial score (nSPS) is 11.2. The Bertz CT molecular complexity index is 442. The van der Waals surface area contributed by atoms with Crippen LogP contribution in [0.5, 0.6) is 5.75 Å². The van der Waals surface area contributed by atoms with Crippen LogP contribution in [0.4, 0.5) is 5.69 Å². The smallest absolute Gasteiger partial charge is 0.224 e. The summed E-state index contributed by atoms with van der Waals surface area (Å²) in [6.45, 7) is 6.51. The minimum atomic E-state index is -0.176. The van der Waals surface area contributed by atoms with Gasteiger partial charge in [0.15, 0.2) is 0 Å². The lowest BCUT2D eigenvalue weighted by molar-refractivity contribution is -0.117. The predicted molar refractivity (Wildman–Crippen MR) is 78.5 cm³/mol. The number of carbonyl (C=O) groups excluding carboxylic acids is 1. The molecule has 0 heterocycles. The van der Waals surface area contributed by atoms with Crippen molar-refractivity contribution >= 4 is 11.6 Å². The van der Waals surface area contributed by atoms with Crippen molar-refractivity contribution in [3.8, 4) is 5.75 Å². The Kier molecular flexibility index (Phi) is 5.36. The Morgan fingerprint density at radius 2 is 2.11 bits per heavy atom. The maximum Gasteiger partial charge on any atom is 0.224 e. The van der Waals surface area contributed by atoms with Crippen molar-refractivity contribution in [2.75, 3.05) is 19.0 Å². The highest BCUT2D eigenvalue weighted by Gasteiger charge is 2.20. The standard InChI is InChI=1S/C15H24N2O2/c1-5-11-8-12(6-7-13(11)19-4)17-14(18)9-15(2,3)10-16/h6-8H,5,9-10,16H2,1-4H3,(H,17,18). The average Bonchev–Trinajstić information content (AvgIpc) is 2.37. The van der Waals surface area contributed by atoms with Gasteiger partial charge in [-0.25, -0.2) is 0 Å². The Labute approximate surface area is 115 Å². The lowest BCUT2D eigenvalue weighted by Crippen LogP contribution is -2.29. The molecule has 1 rings (SSSR count). The predicted octanol–water partition coefficient (Wildman–Crippen LogP) is 2.57. The zero-order valence-corrected chi connectivity index (χ0v) is 12.2. The minimum absolute atomic E-state index is 0.0114. The first-order chi connectivity index (χ1) is 8.91. The number of amides is 1. The van der Waals surface area contributed by atoms with Crippen LogP contribution in [0.1, 0.15) is 32.8 Å². The molecule has 0 saturated carbocycles. The molecule has 0 aliphatic carbocycles. The molecule has 1 amide bonds. The van der Waals surface area contributed by atoms with Gasteiger partial charge in [0.1, 0.15) is 5.75 Å². The monoisotopic (exact) mass is 264 g/mol. The number of methoxy groups -OCH3 is 1. The van der Waals surface area contributed by atoms with Crippen LogP contribution in [0, 0.1) is 5.41 Å². The summed E-state index contributed by atoms with van der Waals surface area (Å²) in [7, 11) is 1.65. The molecule has 1 aromatic carbocycles. The van der Waals surface area contributed by atoms with Gasteiger partial charge >= 0.3 is 0 Å². The van der Waals surface area contributed by atoms with E-state index in [2.05, 4.69) is 12.2 Å². The Balaban J connectivity index is 2.75. The van der Waals surface area contributed by atoms with Crippen LogP contribution in [-0.2, 0) is 11.2 Å². The van der Waals surface area contributed by atoms with E-state index in [-0.39, 0.29) is 11.3 Å². The van der Waals surface area contributed by atoms with E-state index in [1.54, 1.807) is 7.11 Å². The third-order valence-corrected chi connectivity index (χ3v) is 3.14. The molecule has 4 nitrogen and oxygen atoms in total. The van der Waals surface area contributed by atoms with Gasteiger partial charge in [-0.2, -0.15) is 0 Å². The minimum Gasteiger partial charge on any atom is -0.496 e. The number of aryl methyl sites for hydroxylation is 1. The van der Waals surface area contributed by atoms with Crippen molar-refractivity contribution in [2.45, 2.75) is 33.6 Å². The SMILES string of the molecule is CCc1cc(NC(=O)CC(C)(C)CN)ccc1OC. The van der Waals surface area contributed by atoms with Gasteiger partial charge in [-0.05, 0) is 42.1 Å². The maximum absolute atomic E-state index is 11.9. The lowest BCUT2D eigenvalue weighted by atomic mass is 9.89. The molecule has 0 aliphatic rings. The highest BCUT2D eigenvalue weighted by atomic mass is 16.5.